The first-order chi connectivity index (χ1) is 40.0. The van der Waals surface area contributed by atoms with Gasteiger partial charge < -0.3 is 14.2 Å². The van der Waals surface area contributed by atoms with Crippen LogP contribution in [-0.4, -0.2) is 37.2 Å². The lowest BCUT2D eigenvalue weighted by atomic mass is 10.0. The van der Waals surface area contributed by atoms with Crippen LogP contribution in [0, 0.1) is 0 Å². The summed E-state index contributed by atoms with van der Waals surface area (Å²) in [6.45, 7) is 6.53. The van der Waals surface area contributed by atoms with Crippen molar-refractivity contribution < 1.29 is 28.6 Å². The van der Waals surface area contributed by atoms with Gasteiger partial charge in [0, 0.05) is 19.3 Å². The molecule has 0 N–H and O–H groups in total. The SMILES string of the molecule is CC/C=C\C/C=C\C/C=C\C/C=C\CCCCCCCCC(=O)OCC(COC(=O)CCCCCCCCCCCCC/C=C\C/C=C\CCCCCCC)OC(=O)CCCCCCCCCCC/C=C\C/C=C\CCCCCCC. The Morgan fingerprint density at radius 2 is 0.481 bits per heavy atom. The maximum absolute atomic E-state index is 13.0. The highest BCUT2D eigenvalue weighted by Gasteiger charge is 2.19. The Hall–Kier alpha value is -3.67. The van der Waals surface area contributed by atoms with E-state index < -0.39 is 6.10 Å². The van der Waals surface area contributed by atoms with Crippen molar-refractivity contribution in [3.8, 4) is 0 Å². The molecule has 81 heavy (non-hydrogen) atoms. The molecular formula is C75H130O6. The minimum absolute atomic E-state index is 0.0840. The molecule has 0 aromatic carbocycles. The quantitative estimate of drug-likeness (QED) is 0.0261. The first-order valence-electron chi connectivity index (χ1n) is 34.7. The summed E-state index contributed by atoms with van der Waals surface area (Å²) in [6, 6.07) is 0. The fourth-order valence-corrected chi connectivity index (χ4v) is 9.85. The van der Waals surface area contributed by atoms with Crippen molar-refractivity contribution in [2.24, 2.45) is 0 Å². The van der Waals surface area contributed by atoms with Crippen LogP contribution in [0.3, 0.4) is 0 Å². The fraction of sp³-hybridized carbons (Fsp3) is 0.747. The molecule has 6 heteroatoms. The molecule has 0 fully saturated rings. The highest BCUT2D eigenvalue weighted by atomic mass is 16.6. The third kappa shape index (κ3) is 67.0. The Labute approximate surface area is 502 Å². The van der Waals surface area contributed by atoms with E-state index in [0.29, 0.717) is 19.3 Å². The van der Waals surface area contributed by atoms with Crippen LogP contribution < -0.4 is 0 Å². The van der Waals surface area contributed by atoms with Crippen molar-refractivity contribution in [2.75, 3.05) is 13.2 Å². The van der Waals surface area contributed by atoms with Gasteiger partial charge in [0.2, 0.25) is 0 Å². The van der Waals surface area contributed by atoms with Crippen LogP contribution in [0.5, 0.6) is 0 Å². The summed E-state index contributed by atoms with van der Waals surface area (Å²) in [5, 5.41) is 0. The Morgan fingerprint density at radius 1 is 0.259 bits per heavy atom. The predicted molar refractivity (Wildman–Crippen MR) is 353 cm³/mol. The van der Waals surface area contributed by atoms with Gasteiger partial charge in [0.05, 0.1) is 0 Å². The van der Waals surface area contributed by atoms with E-state index in [0.717, 1.165) is 103 Å². The van der Waals surface area contributed by atoms with Crippen LogP contribution in [0.4, 0.5) is 0 Å². The highest BCUT2D eigenvalue weighted by molar-refractivity contribution is 5.71. The average Bonchev–Trinajstić information content (AvgIpc) is 3.47. The molecule has 0 heterocycles. The van der Waals surface area contributed by atoms with Gasteiger partial charge in [0.15, 0.2) is 6.10 Å². The Bertz CT molecular complexity index is 1580. The molecule has 0 aromatic rings. The van der Waals surface area contributed by atoms with Gasteiger partial charge in [-0.1, -0.05) is 298 Å². The van der Waals surface area contributed by atoms with Crippen molar-refractivity contribution >= 4 is 17.9 Å². The maximum atomic E-state index is 13.0. The van der Waals surface area contributed by atoms with E-state index in [1.807, 2.05) is 0 Å². The van der Waals surface area contributed by atoms with Crippen LogP contribution in [0.2, 0.25) is 0 Å². The number of hydrogen-bond acceptors (Lipinski definition) is 6. The standard InChI is InChI=1S/C75H130O6/c1-4-7-10-13-16-19-22-25-28-31-34-36-37-39-41-44-47-50-53-56-59-62-65-68-74(77)80-71-72(70-79-73(76)67-64-61-58-55-52-49-46-43-40-33-30-27-24-21-18-15-12-9-6-3)81-75(78)69-66-63-60-57-54-51-48-45-42-38-35-32-29-26-23-20-17-14-11-8-5-2/h9,12,18,21-23,25-27,30-32,34-35,40,43,72H,4-8,10-11,13-17,19-20,24,28-29,33,36-39,41-42,44-71H2,1-3H3/b12-9-,21-18-,25-22-,26-23-,30-27-,34-31-,35-32-,43-40-. The largest absolute Gasteiger partial charge is 0.462 e. The number of rotatable bonds is 63. The van der Waals surface area contributed by atoms with Crippen molar-refractivity contribution in [3.05, 3.63) is 97.2 Å². The molecule has 1 atom stereocenters. The van der Waals surface area contributed by atoms with Crippen molar-refractivity contribution in [1.82, 2.24) is 0 Å². The Balaban J connectivity index is 4.40. The van der Waals surface area contributed by atoms with Crippen LogP contribution in [0.1, 0.15) is 342 Å². The Kier molecular flexibility index (Phi) is 65.7. The summed E-state index contributed by atoms with van der Waals surface area (Å²) in [4.78, 5) is 38.5. The first kappa shape index (κ1) is 77.3. The molecule has 0 aliphatic carbocycles. The van der Waals surface area contributed by atoms with E-state index >= 15 is 0 Å². The van der Waals surface area contributed by atoms with Gasteiger partial charge in [0.25, 0.3) is 0 Å². The van der Waals surface area contributed by atoms with E-state index in [2.05, 4.69) is 118 Å². The van der Waals surface area contributed by atoms with Gasteiger partial charge in [0.1, 0.15) is 13.2 Å². The smallest absolute Gasteiger partial charge is 0.306 e. The summed E-state index contributed by atoms with van der Waals surface area (Å²) in [6.07, 6.45) is 92.7. The number of carbonyl (C=O) groups is 3. The van der Waals surface area contributed by atoms with E-state index in [1.54, 1.807) is 0 Å². The van der Waals surface area contributed by atoms with E-state index in [4.69, 9.17) is 14.2 Å². The van der Waals surface area contributed by atoms with Gasteiger partial charge in [-0.25, -0.2) is 0 Å². The maximum Gasteiger partial charge on any atom is 0.306 e. The second-order valence-electron chi connectivity index (χ2n) is 23.1. The zero-order chi connectivity index (χ0) is 58.5. The van der Waals surface area contributed by atoms with E-state index in [9.17, 15) is 14.4 Å². The molecule has 466 valence electrons. The fourth-order valence-electron chi connectivity index (χ4n) is 9.85. The van der Waals surface area contributed by atoms with E-state index in [-0.39, 0.29) is 31.1 Å². The molecule has 0 saturated heterocycles. The summed E-state index contributed by atoms with van der Waals surface area (Å²) in [5.74, 6) is -0.890. The van der Waals surface area contributed by atoms with Gasteiger partial charge in [-0.2, -0.15) is 0 Å². The average molecular weight is 1130 g/mol. The molecule has 0 aromatic heterocycles. The molecule has 6 nitrogen and oxygen atoms in total. The molecular weight excluding hydrogens is 997 g/mol. The minimum Gasteiger partial charge on any atom is -0.462 e. The molecule has 0 saturated carbocycles. The van der Waals surface area contributed by atoms with Gasteiger partial charge in [-0.05, 0) is 122 Å². The Morgan fingerprint density at radius 3 is 0.753 bits per heavy atom. The minimum atomic E-state index is -0.790. The lowest BCUT2D eigenvalue weighted by molar-refractivity contribution is -0.167. The second kappa shape index (κ2) is 68.8. The van der Waals surface area contributed by atoms with Gasteiger partial charge in [-0.3, -0.25) is 14.4 Å². The zero-order valence-electron chi connectivity index (χ0n) is 53.5. The second-order valence-corrected chi connectivity index (χ2v) is 23.1. The lowest BCUT2D eigenvalue weighted by Crippen LogP contribution is -2.30. The third-order valence-corrected chi connectivity index (χ3v) is 15.0. The molecule has 0 rings (SSSR count). The molecule has 0 spiro atoms. The molecule has 1 unspecified atom stereocenters. The number of carbonyl (C=O) groups excluding carboxylic acids is 3. The third-order valence-electron chi connectivity index (χ3n) is 15.0. The van der Waals surface area contributed by atoms with Crippen LogP contribution in [0.15, 0.2) is 97.2 Å². The van der Waals surface area contributed by atoms with Crippen LogP contribution in [0.25, 0.3) is 0 Å². The normalized spacial score (nSPS) is 12.7. The summed E-state index contributed by atoms with van der Waals surface area (Å²) < 4.78 is 17.0. The van der Waals surface area contributed by atoms with Crippen LogP contribution in [-0.2, 0) is 28.6 Å². The summed E-state index contributed by atoms with van der Waals surface area (Å²) >= 11 is 0. The van der Waals surface area contributed by atoms with Crippen molar-refractivity contribution in [2.45, 2.75) is 348 Å². The zero-order valence-corrected chi connectivity index (χ0v) is 53.5. The van der Waals surface area contributed by atoms with Gasteiger partial charge >= 0.3 is 17.9 Å². The number of esters is 3. The first-order valence-corrected chi connectivity index (χ1v) is 34.7. The summed E-state index contributed by atoms with van der Waals surface area (Å²) in [7, 11) is 0. The molecule has 0 radical (unpaired) electrons. The monoisotopic (exact) mass is 1130 g/mol. The van der Waals surface area contributed by atoms with Crippen LogP contribution >= 0.6 is 0 Å². The number of allylic oxidation sites excluding steroid dienone is 16. The number of hydrogen-bond donors (Lipinski definition) is 0. The molecule has 0 amide bonds. The molecule has 0 bridgehead atoms. The van der Waals surface area contributed by atoms with Crippen molar-refractivity contribution in [1.29, 1.82) is 0 Å². The van der Waals surface area contributed by atoms with Gasteiger partial charge in [-0.15, -0.1) is 0 Å². The molecule has 0 aliphatic heterocycles. The number of ether oxygens (including phenoxy) is 3. The topological polar surface area (TPSA) is 78.9 Å². The summed E-state index contributed by atoms with van der Waals surface area (Å²) in [5.41, 5.74) is 0. The number of unbranched alkanes of at least 4 members (excludes halogenated alkanes) is 36. The predicted octanol–water partition coefficient (Wildman–Crippen LogP) is 24.0. The molecule has 0 aliphatic rings. The van der Waals surface area contributed by atoms with E-state index in [1.165, 1.54) is 199 Å². The highest BCUT2D eigenvalue weighted by Crippen LogP contribution is 2.17. The lowest BCUT2D eigenvalue weighted by Gasteiger charge is -2.18. The van der Waals surface area contributed by atoms with Crippen molar-refractivity contribution in [3.63, 3.8) is 0 Å².